The zero-order chi connectivity index (χ0) is 9.66. The molecular formula is C12H20. The molecule has 0 aliphatic heterocycles. The van der Waals surface area contributed by atoms with Gasteiger partial charge in [-0.3, -0.25) is 0 Å². The van der Waals surface area contributed by atoms with Crippen molar-refractivity contribution in [3.05, 3.63) is 0 Å². The third-order valence-corrected chi connectivity index (χ3v) is 1.35. The summed E-state index contributed by atoms with van der Waals surface area (Å²) < 4.78 is 0. The molecule has 0 nitrogen and oxygen atoms in total. The molecule has 12 heavy (non-hydrogen) atoms. The second-order valence-electron chi connectivity index (χ2n) is 2.62. The van der Waals surface area contributed by atoms with Crippen LogP contribution in [0.5, 0.6) is 0 Å². The van der Waals surface area contributed by atoms with Gasteiger partial charge in [-0.2, -0.15) is 0 Å². The van der Waals surface area contributed by atoms with Gasteiger partial charge in [-0.1, -0.05) is 26.7 Å². The van der Waals surface area contributed by atoms with E-state index in [1.54, 1.807) is 0 Å². The summed E-state index contributed by atoms with van der Waals surface area (Å²) in [6, 6.07) is 0. The van der Waals surface area contributed by atoms with Crippen LogP contribution in [0.1, 0.15) is 52.4 Å². The molecule has 0 aromatic carbocycles. The first-order chi connectivity index (χ1) is 5.83. The zero-order valence-corrected chi connectivity index (χ0v) is 8.40. The molecule has 0 aromatic rings. The SMILES string of the molecule is C#CCCCC.C#CCCCC. The number of hydrogen-bond acceptors (Lipinski definition) is 0. The summed E-state index contributed by atoms with van der Waals surface area (Å²) >= 11 is 0. The lowest BCUT2D eigenvalue weighted by Crippen LogP contribution is -1.62. The molecule has 0 spiro atoms. The van der Waals surface area contributed by atoms with Gasteiger partial charge in [0.2, 0.25) is 0 Å². The highest BCUT2D eigenvalue weighted by molar-refractivity contribution is 4.82. The van der Waals surface area contributed by atoms with Crippen molar-refractivity contribution in [1.29, 1.82) is 0 Å². The van der Waals surface area contributed by atoms with E-state index in [9.17, 15) is 0 Å². The maximum absolute atomic E-state index is 4.96. The Hall–Kier alpha value is -0.880. The normalized spacial score (nSPS) is 7.33. The molecule has 0 saturated heterocycles. The predicted octanol–water partition coefficient (Wildman–Crippen LogP) is 3.62. The van der Waals surface area contributed by atoms with E-state index in [1.807, 2.05) is 0 Å². The molecule has 0 heteroatoms. The maximum Gasteiger partial charge on any atom is 0.00859 e. The fourth-order valence-electron chi connectivity index (χ4n) is 0.558. The monoisotopic (exact) mass is 164 g/mol. The van der Waals surface area contributed by atoms with Crippen LogP contribution in [-0.2, 0) is 0 Å². The average Bonchev–Trinajstić information content (AvgIpc) is 2.12. The predicted molar refractivity (Wildman–Crippen MR) is 56.7 cm³/mol. The number of unbranched alkanes of at least 4 members (excludes halogenated alkanes) is 4. The van der Waals surface area contributed by atoms with E-state index in [4.69, 9.17) is 12.8 Å². The largest absolute Gasteiger partial charge is 0.120 e. The van der Waals surface area contributed by atoms with E-state index in [0.29, 0.717) is 0 Å². The van der Waals surface area contributed by atoms with Gasteiger partial charge in [-0.05, 0) is 12.8 Å². The Kier molecular flexibility index (Phi) is 18.9. The molecular weight excluding hydrogens is 144 g/mol. The van der Waals surface area contributed by atoms with Crippen molar-refractivity contribution in [2.24, 2.45) is 0 Å². The Labute approximate surface area is 77.8 Å². The van der Waals surface area contributed by atoms with Crippen molar-refractivity contribution in [2.45, 2.75) is 52.4 Å². The number of terminal acetylenes is 2. The van der Waals surface area contributed by atoms with Gasteiger partial charge in [0, 0.05) is 12.8 Å². The van der Waals surface area contributed by atoms with Crippen LogP contribution in [-0.4, -0.2) is 0 Å². The third kappa shape index (κ3) is 22.9. The van der Waals surface area contributed by atoms with Gasteiger partial charge < -0.3 is 0 Å². The fourth-order valence-corrected chi connectivity index (χ4v) is 0.558. The Balaban J connectivity index is 0. The standard InChI is InChI=1S/2C6H10/c2*1-3-5-6-4-2/h2*1H,4-6H2,2H3. The minimum atomic E-state index is 0.941. The Bertz CT molecular complexity index is 113. The molecule has 0 bridgehead atoms. The van der Waals surface area contributed by atoms with Crippen LogP contribution in [0.4, 0.5) is 0 Å². The van der Waals surface area contributed by atoms with Gasteiger partial charge in [0.15, 0.2) is 0 Å². The van der Waals surface area contributed by atoms with E-state index in [2.05, 4.69) is 25.7 Å². The molecule has 0 fully saturated rings. The minimum absolute atomic E-state index is 0.941. The van der Waals surface area contributed by atoms with Gasteiger partial charge in [0.05, 0.1) is 0 Å². The lowest BCUT2D eigenvalue weighted by molar-refractivity contribution is 0.828. The molecule has 0 heterocycles. The first-order valence-electron chi connectivity index (χ1n) is 4.70. The third-order valence-electron chi connectivity index (χ3n) is 1.35. The van der Waals surface area contributed by atoms with Gasteiger partial charge in [-0.25, -0.2) is 0 Å². The van der Waals surface area contributed by atoms with E-state index >= 15 is 0 Å². The highest BCUT2D eigenvalue weighted by atomic mass is 13.8. The average molecular weight is 164 g/mol. The molecule has 0 aliphatic rings. The minimum Gasteiger partial charge on any atom is -0.120 e. The van der Waals surface area contributed by atoms with Crippen LogP contribution in [0.25, 0.3) is 0 Å². The van der Waals surface area contributed by atoms with Crippen molar-refractivity contribution >= 4 is 0 Å². The topological polar surface area (TPSA) is 0 Å². The van der Waals surface area contributed by atoms with E-state index in [1.165, 1.54) is 25.7 Å². The van der Waals surface area contributed by atoms with Crippen LogP contribution in [0.2, 0.25) is 0 Å². The van der Waals surface area contributed by atoms with Crippen LogP contribution in [0.15, 0.2) is 0 Å². The highest BCUT2D eigenvalue weighted by Crippen LogP contribution is 1.89. The van der Waals surface area contributed by atoms with Crippen LogP contribution >= 0.6 is 0 Å². The molecule has 0 amide bonds. The summed E-state index contributed by atoms with van der Waals surface area (Å²) in [6.45, 7) is 4.27. The van der Waals surface area contributed by atoms with Gasteiger partial charge in [0.1, 0.15) is 0 Å². The zero-order valence-electron chi connectivity index (χ0n) is 8.40. The number of hydrogen-bond donors (Lipinski definition) is 0. The fraction of sp³-hybridized carbons (Fsp3) is 0.667. The van der Waals surface area contributed by atoms with Crippen molar-refractivity contribution in [2.75, 3.05) is 0 Å². The van der Waals surface area contributed by atoms with E-state index in [-0.39, 0.29) is 0 Å². The molecule has 0 aromatic heterocycles. The quantitative estimate of drug-likeness (QED) is 0.440. The maximum atomic E-state index is 4.96. The summed E-state index contributed by atoms with van der Waals surface area (Å²) in [7, 11) is 0. The molecule has 68 valence electrons. The van der Waals surface area contributed by atoms with Gasteiger partial charge >= 0.3 is 0 Å². The summed E-state index contributed by atoms with van der Waals surface area (Å²) in [6.07, 6.45) is 16.6. The lowest BCUT2D eigenvalue weighted by atomic mass is 10.3. The molecule has 0 rings (SSSR count). The molecule has 0 atom stereocenters. The summed E-state index contributed by atoms with van der Waals surface area (Å²) in [5, 5.41) is 0. The smallest absolute Gasteiger partial charge is 0.00859 e. The van der Waals surface area contributed by atoms with Crippen molar-refractivity contribution < 1.29 is 0 Å². The summed E-state index contributed by atoms with van der Waals surface area (Å²) in [4.78, 5) is 0. The Morgan fingerprint density at radius 3 is 1.25 bits per heavy atom. The van der Waals surface area contributed by atoms with Gasteiger partial charge in [-0.15, -0.1) is 24.7 Å². The molecule has 0 N–H and O–H groups in total. The molecule has 0 aliphatic carbocycles. The summed E-state index contributed by atoms with van der Waals surface area (Å²) in [5.74, 6) is 5.14. The van der Waals surface area contributed by atoms with Crippen molar-refractivity contribution in [3.8, 4) is 24.7 Å². The molecule has 0 radical (unpaired) electrons. The molecule has 0 saturated carbocycles. The van der Waals surface area contributed by atoms with E-state index < -0.39 is 0 Å². The summed E-state index contributed by atoms with van der Waals surface area (Å²) in [5.41, 5.74) is 0. The highest BCUT2D eigenvalue weighted by Gasteiger charge is 1.72. The second-order valence-corrected chi connectivity index (χ2v) is 2.62. The van der Waals surface area contributed by atoms with Crippen LogP contribution in [0.3, 0.4) is 0 Å². The second kappa shape index (κ2) is 16.6. The Morgan fingerprint density at radius 2 is 1.17 bits per heavy atom. The molecule has 0 unspecified atom stereocenters. The first-order valence-corrected chi connectivity index (χ1v) is 4.70. The van der Waals surface area contributed by atoms with Crippen molar-refractivity contribution in [3.63, 3.8) is 0 Å². The Morgan fingerprint density at radius 1 is 0.833 bits per heavy atom. The lowest BCUT2D eigenvalue weighted by Gasteiger charge is -1.79. The van der Waals surface area contributed by atoms with Gasteiger partial charge in [0.25, 0.3) is 0 Å². The van der Waals surface area contributed by atoms with Crippen molar-refractivity contribution in [1.82, 2.24) is 0 Å². The first kappa shape index (κ1) is 13.7. The number of rotatable bonds is 4. The van der Waals surface area contributed by atoms with Crippen LogP contribution in [0, 0.1) is 24.7 Å². The van der Waals surface area contributed by atoms with E-state index in [0.717, 1.165) is 12.8 Å². The van der Waals surface area contributed by atoms with Crippen LogP contribution < -0.4 is 0 Å².